The van der Waals surface area contributed by atoms with Gasteiger partial charge in [-0.2, -0.15) is 0 Å². The first-order valence-corrected chi connectivity index (χ1v) is 6.79. The van der Waals surface area contributed by atoms with Crippen LogP contribution < -0.4 is 5.32 Å². The van der Waals surface area contributed by atoms with E-state index in [1.807, 2.05) is 0 Å². The van der Waals surface area contributed by atoms with Crippen LogP contribution in [0.1, 0.15) is 25.8 Å². The van der Waals surface area contributed by atoms with Crippen LogP contribution in [-0.4, -0.2) is 34.7 Å². The molecule has 1 N–H and O–H groups in total. The summed E-state index contributed by atoms with van der Waals surface area (Å²) in [6, 6.07) is 0. The molecule has 0 amide bonds. The van der Waals surface area contributed by atoms with Crippen molar-refractivity contribution in [3.8, 4) is 0 Å². The lowest BCUT2D eigenvalue weighted by Gasteiger charge is -2.12. The highest BCUT2D eigenvalue weighted by molar-refractivity contribution is 7.15. The summed E-state index contributed by atoms with van der Waals surface area (Å²) in [5, 5.41) is 13.6. The van der Waals surface area contributed by atoms with Gasteiger partial charge >= 0.3 is 0 Å². The lowest BCUT2D eigenvalue weighted by Crippen LogP contribution is -2.19. The Balaban J connectivity index is 1.89. The van der Waals surface area contributed by atoms with Crippen LogP contribution in [0.2, 0.25) is 0 Å². The van der Waals surface area contributed by atoms with Crippen molar-refractivity contribution < 1.29 is 0 Å². The van der Waals surface area contributed by atoms with Gasteiger partial charge in [-0.15, -0.1) is 10.2 Å². The molecule has 1 saturated heterocycles. The molecule has 0 radical (unpaired) electrons. The van der Waals surface area contributed by atoms with Crippen molar-refractivity contribution >= 4 is 16.5 Å². The fourth-order valence-electron chi connectivity index (χ4n) is 2.11. The molecular formula is C11H20N4S. The molecule has 0 bridgehead atoms. The van der Waals surface area contributed by atoms with Crippen LogP contribution in [0, 0.1) is 11.8 Å². The third-order valence-electron chi connectivity index (χ3n) is 3.22. The predicted octanol–water partition coefficient (Wildman–Crippen LogP) is 2.06. The number of nitrogens with one attached hydrogen (secondary N) is 1. The summed E-state index contributed by atoms with van der Waals surface area (Å²) in [5.74, 6) is 1.61. The fraction of sp³-hybridized carbons (Fsp3) is 0.818. The summed E-state index contributed by atoms with van der Waals surface area (Å²) >= 11 is 1.67. The minimum absolute atomic E-state index is 0.807. The Kier molecular flexibility index (Phi) is 3.76. The van der Waals surface area contributed by atoms with Crippen molar-refractivity contribution in [3.63, 3.8) is 0 Å². The molecule has 4 nitrogen and oxygen atoms in total. The third-order valence-corrected chi connectivity index (χ3v) is 4.08. The molecule has 16 heavy (non-hydrogen) atoms. The van der Waals surface area contributed by atoms with Gasteiger partial charge in [-0.1, -0.05) is 25.2 Å². The van der Waals surface area contributed by atoms with Crippen molar-refractivity contribution in [2.24, 2.45) is 11.8 Å². The predicted molar refractivity (Wildman–Crippen MR) is 67.7 cm³/mol. The van der Waals surface area contributed by atoms with Crippen molar-refractivity contribution in [1.29, 1.82) is 0 Å². The average molecular weight is 240 g/mol. The van der Waals surface area contributed by atoms with Crippen molar-refractivity contribution in [3.05, 3.63) is 5.01 Å². The lowest BCUT2D eigenvalue weighted by atomic mass is 10.0. The Hall–Kier alpha value is -0.680. The number of rotatable bonds is 4. The molecule has 0 saturated carbocycles. The Morgan fingerprint density at radius 3 is 2.62 bits per heavy atom. The van der Waals surface area contributed by atoms with Gasteiger partial charge in [-0.25, -0.2) is 0 Å². The average Bonchev–Trinajstić information content (AvgIpc) is 2.77. The quantitative estimate of drug-likeness (QED) is 0.874. The van der Waals surface area contributed by atoms with Gasteiger partial charge in [0.2, 0.25) is 5.13 Å². The van der Waals surface area contributed by atoms with Gasteiger partial charge in [-0.05, 0) is 18.8 Å². The van der Waals surface area contributed by atoms with Crippen LogP contribution in [0.25, 0.3) is 0 Å². The maximum absolute atomic E-state index is 4.21. The molecule has 0 aliphatic carbocycles. The molecule has 2 rings (SSSR count). The molecule has 1 aliphatic rings. The third kappa shape index (κ3) is 2.71. The number of hydrogen-bond acceptors (Lipinski definition) is 5. The maximum atomic E-state index is 4.21. The van der Waals surface area contributed by atoms with Gasteiger partial charge in [0, 0.05) is 19.6 Å². The zero-order chi connectivity index (χ0) is 11.5. The van der Waals surface area contributed by atoms with Crippen LogP contribution >= 0.6 is 11.3 Å². The van der Waals surface area contributed by atoms with Gasteiger partial charge in [-0.3, -0.25) is 4.90 Å². The molecule has 90 valence electrons. The molecule has 2 unspecified atom stereocenters. The van der Waals surface area contributed by atoms with Crippen LogP contribution in [0.5, 0.6) is 0 Å². The fourth-order valence-corrected chi connectivity index (χ4v) is 2.96. The van der Waals surface area contributed by atoms with E-state index in [2.05, 4.69) is 41.2 Å². The maximum Gasteiger partial charge on any atom is 0.205 e. The summed E-state index contributed by atoms with van der Waals surface area (Å²) in [6.45, 7) is 11.0. The van der Waals surface area contributed by atoms with E-state index in [1.165, 1.54) is 13.1 Å². The summed E-state index contributed by atoms with van der Waals surface area (Å²) < 4.78 is 0. The van der Waals surface area contributed by atoms with Crippen LogP contribution in [0.4, 0.5) is 5.13 Å². The highest BCUT2D eigenvalue weighted by Crippen LogP contribution is 2.25. The van der Waals surface area contributed by atoms with Crippen molar-refractivity contribution in [2.45, 2.75) is 27.3 Å². The van der Waals surface area contributed by atoms with E-state index in [4.69, 9.17) is 0 Å². The minimum atomic E-state index is 0.807. The number of anilines is 1. The second-order valence-corrected chi connectivity index (χ2v) is 5.74. The van der Waals surface area contributed by atoms with Crippen LogP contribution in [-0.2, 0) is 6.54 Å². The van der Waals surface area contributed by atoms with Gasteiger partial charge in [0.05, 0.1) is 6.54 Å². The van der Waals surface area contributed by atoms with E-state index in [1.54, 1.807) is 11.3 Å². The van der Waals surface area contributed by atoms with Gasteiger partial charge < -0.3 is 5.32 Å². The molecule has 0 spiro atoms. The second-order valence-electron chi connectivity index (χ2n) is 4.68. The van der Waals surface area contributed by atoms with E-state index in [0.717, 1.165) is 35.1 Å². The summed E-state index contributed by atoms with van der Waals surface area (Å²) in [4.78, 5) is 2.48. The Labute approximate surface area is 101 Å². The minimum Gasteiger partial charge on any atom is -0.360 e. The van der Waals surface area contributed by atoms with Gasteiger partial charge in [0.1, 0.15) is 5.01 Å². The molecule has 1 aromatic rings. The summed E-state index contributed by atoms with van der Waals surface area (Å²) in [5.41, 5.74) is 0. The molecule has 5 heteroatoms. The highest BCUT2D eigenvalue weighted by Gasteiger charge is 2.26. The number of aromatic nitrogens is 2. The summed E-state index contributed by atoms with van der Waals surface area (Å²) in [7, 11) is 0. The van der Waals surface area contributed by atoms with Crippen molar-refractivity contribution in [1.82, 2.24) is 15.1 Å². The number of hydrogen-bond donors (Lipinski definition) is 1. The zero-order valence-electron chi connectivity index (χ0n) is 10.2. The second kappa shape index (κ2) is 5.10. The standard InChI is InChI=1S/C11H20N4S/c1-4-12-11-14-13-10(16-11)7-15-5-8(2)9(3)6-15/h8-9H,4-7H2,1-3H3,(H,12,14). The first kappa shape index (κ1) is 11.8. The monoisotopic (exact) mass is 240 g/mol. The normalized spacial score (nSPS) is 26.2. The molecule has 2 atom stereocenters. The Bertz CT molecular complexity index is 328. The first-order valence-electron chi connectivity index (χ1n) is 5.97. The van der Waals surface area contributed by atoms with Crippen LogP contribution in [0.3, 0.4) is 0 Å². The number of nitrogens with zero attached hydrogens (tertiary/aromatic N) is 3. The molecule has 1 aliphatic heterocycles. The van der Waals surface area contributed by atoms with E-state index < -0.39 is 0 Å². The molecule has 2 heterocycles. The molecule has 1 fully saturated rings. The largest absolute Gasteiger partial charge is 0.360 e. The van der Waals surface area contributed by atoms with E-state index >= 15 is 0 Å². The molecular weight excluding hydrogens is 220 g/mol. The zero-order valence-corrected chi connectivity index (χ0v) is 11.0. The highest BCUT2D eigenvalue weighted by atomic mass is 32.1. The topological polar surface area (TPSA) is 41.1 Å². The van der Waals surface area contributed by atoms with Crippen molar-refractivity contribution in [2.75, 3.05) is 25.0 Å². The van der Waals surface area contributed by atoms with Gasteiger partial charge in [0.25, 0.3) is 0 Å². The van der Waals surface area contributed by atoms with E-state index in [-0.39, 0.29) is 0 Å². The van der Waals surface area contributed by atoms with Gasteiger partial charge in [0.15, 0.2) is 0 Å². The number of likely N-dealkylation sites (tertiary alicyclic amines) is 1. The van der Waals surface area contributed by atoms with Crippen LogP contribution in [0.15, 0.2) is 0 Å². The Morgan fingerprint density at radius 2 is 2.00 bits per heavy atom. The van der Waals surface area contributed by atoms with E-state index in [9.17, 15) is 0 Å². The Morgan fingerprint density at radius 1 is 1.31 bits per heavy atom. The SMILES string of the molecule is CCNc1nnc(CN2CC(C)C(C)C2)s1. The lowest BCUT2D eigenvalue weighted by molar-refractivity contribution is 0.315. The first-order chi connectivity index (χ1) is 7.69. The smallest absolute Gasteiger partial charge is 0.205 e. The molecule has 0 aromatic carbocycles. The molecule has 1 aromatic heterocycles. The summed E-state index contributed by atoms with van der Waals surface area (Å²) in [6.07, 6.45) is 0. The van der Waals surface area contributed by atoms with E-state index in [0.29, 0.717) is 0 Å².